The highest BCUT2D eigenvalue weighted by Gasteiger charge is 2.49. The largest absolute Gasteiger partial charge is 0.387 e. The Morgan fingerprint density at radius 3 is 2.00 bits per heavy atom. The third-order valence-corrected chi connectivity index (χ3v) is 2.39. The van der Waals surface area contributed by atoms with Gasteiger partial charge in [-0.3, -0.25) is 0 Å². The summed E-state index contributed by atoms with van der Waals surface area (Å²) >= 11 is 0. The molecule has 0 aromatic heterocycles. The van der Waals surface area contributed by atoms with Gasteiger partial charge in [0.15, 0.2) is 5.79 Å². The molecule has 60 valence electrons. The van der Waals surface area contributed by atoms with Crippen LogP contribution in [0.4, 0.5) is 0 Å². The molecule has 0 aliphatic carbocycles. The number of aliphatic hydroxyl groups is 2. The molecule has 0 aromatic carbocycles. The zero-order valence-corrected chi connectivity index (χ0v) is 6.59. The van der Waals surface area contributed by atoms with E-state index >= 15 is 0 Å². The molecule has 3 atom stereocenters. The van der Waals surface area contributed by atoms with Crippen molar-refractivity contribution < 1.29 is 14.9 Å². The van der Waals surface area contributed by atoms with Crippen LogP contribution in [0.15, 0.2) is 0 Å². The number of hydrogen-bond donors (Lipinski definition) is 2. The second-order valence-electron chi connectivity index (χ2n) is 3.42. The van der Waals surface area contributed by atoms with Crippen LogP contribution in [0.5, 0.6) is 0 Å². The molecule has 0 spiro atoms. The van der Waals surface area contributed by atoms with Crippen molar-refractivity contribution in [2.75, 3.05) is 6.61 Å². The van der Waals surface area contributed by atoms with Crippen LogP contribution in [-0.2, 0) is 4.74 Å². The first kappa shape index (κ1) is 7.98. The van der Waals surface area contributed by atoms with Crippen molar-refractivity contribution in [2.24, 2.45) is 5.92 Å². The van der Waals surface area contributed by atoms with Crippen molar-refractivity contribution in [1.29, 1.82) is 0 Å². The Hall–Kier alpha value is -0.120. The maximum atomic E-state index is 9.51. The summed E-state index contributed by atoms with van der Waals surface area (Å²) in [4.78, 5) is 0. The van der Waals surface area contributed by atoms with E-state index < -0.39 is 11.4 Å². The van der Waals surface area contributed by atoms with Crippen molar-refractivity contribution in [3.05, 3.63) is 0 Å². The molecular formula is C7H14O3. The number of hydrogen-bond acceptors (Lipinski definition) is 3. The van der Waals surface area contributed by atoms with E-state index in [1.165, 1.54) is 0 Å². The predicted octanol–water partition coefficient (Wildman–Crippen LogP) is 0.112. The molecule has 0 radical (unpaired) electrons. The van der Waals surface area contributed by atoms with Gasteiger partial charge in [-0.25, -0.2) is 0 Å². The Bertz CT molecular complexity index is 124. The summed E-state index contributed by atoms with van der Waals surface area (Å²) in [7, 11) is 0. The number of ether oxygens (including phenoxy) is 1. The molecular weight excluding hydrogens is 132 g/mol. The Morgan fingerprint density at radius 2 is 1.90 bits per heavy atom. The summed E-state index contributed by atoms with van der Waals surface area (Å²) < 4.78 is 4.97. The first-order valence-corrected chi connectivity index (χ1v) is 3.45. The van der Waals surface area contributed by atoms with E-state index in [1.807, 2.05) is 0 Å². The van der Waals surface area contributed by atoms with Crippen molar-refractivity contribution in [1.82, 2.24) is 0 Å². The van der Waals surface area contributed by atoms with Crippen LogP contribution in [0, 0.1) is 5.92 Å². The fourth-order valence-electron chi connectivity index (χ4n) is 1.12. The molecule has 0 saturated carbocycles. The smallest absolute Gasteiger partial charge is 0.168 e. The summed E-state index contributed by atoms with van der Waals surface area (Å²) in [6.07, 6.45) is 0. The molecule has 1 saturated heterocycles. The quantitative estimate of drug-likeness (QED) is 0.510. The van der Waals surface area contributed by atoms with E-state index in [-0.39, 0.29) is 12.5 Å². The van der Waals surface area contributed by atoms with E-state index in [1.54, 1.807) is 20.8 Å². The highest BCUT2D eigenvalue weighted by Crippen LogP contribution is 2.36. The van der Waals surface area contributed by atoms with Crippen molar-refractivity contribution in [3.8, 4) is 0 Å². The highest BCUT2D eigenvalue weighted by molar-refractivity contribution is 4.92. The van der Waals surface area contributed by atoms with E-state index in [4.69, 9.17) is 4.74 Å². The van der Waals surface area contributed by atoms with Gasteiger partial charge < -0.3 is 14.9 Å². The minimum Gasteiger partial charge on any atom is -0.387 e. The van der Waals surface area contributed by atoms with E-state index in [2.05, 4.69) is 0 Å². The lowest BCUT2D eigenvalue weighted by Gasteiger charge is -2.26. The standard InChI is InChI=1S/C7H14O3/c1-5-6(2,8)4-10-7(5,3)9/h5,8-9H,4H2,1-3H3. The van der Waals surface area contributed by atoms with E-state index in [0.29, 0.717) is 0 Å². The van der Waals surface area contributed by atoms with Gasteiger partial charge in [0.1, 0.15) is 0 Å². The molecule has 3 heteroatoms. The highest BCUT2D eigenvalue weighted by atomic mass is 16.6. The normalized spacial score (nSPS) is 55.5. The second-order valence-corrected chi connectivity index (χ2v) is 3.42. The van der Waals surface area contributed by atoms with Gasteiger partial charge >= 0.3 is 0 Å². The Balaban J connectivity index is 2.77. The van der Waals surface area contributed by atoms with Crippen molar-refractivity contribution in [3.63, 3.8) is 0 Å². The first-order chi connectivity index (χ1) is 4.36. The molecule has 3 nitrogen and oxygen atoms in total. The zero-order valence-electron chi connectivity index (χ0n) is 6.59. The molecule has 1 rings (SSSR count). The van der Waals surface area contributed by atoms with E-state index in [9.17, 15) is 10.2 Å². The lowest BCUT2D eigenvalue weighted by Crippen LogP contribution is -2.39. The molecule has 10 heavy (non-hydrogen) atoms. The van der Waals surface area contributed by atoms with Gasteiger partial charge in [-0.15, -0.1) is 0 Å². The summed E-state index contributed by atoms with van der Waals surface area (Å²) in [5, 5.41) is 18.9. The lowest BCUT2D eigenvalue weighted by molar-refractivity contribution is -0.177. The number of rotatable bonds is 0. The monoisotopic (exact) mass is 146 g/mol. The topological polar surface area (TPSA) is 49.7 Å². The van der Waals surface area contributed by atoms with Crippen molar-refractivity contribution >= 4 is 0 Å². The molecule has 0 aromatic rings. The lowest BCUT2D eigenvalue weighted by atomic mass is 9.89. The van der Waals surface area contributed by atoms with Crippen LogP contribution in [0.1, 0.15) is 20.8 Å². The predicted molar refractivity (Wildman–Crippen MR) is 36.4 cm³/mol. The molecule has 0 bridgehead atoms. The van der Waals surface area contributed by atoms with Gasteiger partial charge in [-0.1, -0.05) is 6.92 Å². The van der Waals surface area contributed by atoms with Crippen LogP contribution in [0.3, 0.4) is 0 Å². The van der Waals surface area contributed by atoms with Crippen molar-refractivity contribution in [2.45, 2.75) is 32.2 Å². The summed E-state index contributed by atoms with van der Waals surface area (Å²) in [5.74, 6) is -1.40. The maximum Gasteiger partial charge on any atom is 0.168 e. The molecule has 2 N–H and O–H groups in total. The third kappa shape index (κ3) is 1.05. The van der Waals surface area contributed by atoms with Crippen LogP contribution in [0.2, 0.25) is 0 Å². The Kier molecular flexibility index (Phi) is 1.54. The Labute approximate surface area is 60.6 Å². The summed E-state index contributed by atoms with van der Waals surface area (Å²) in [5.41, 5.74) is -0.885. The third-order valence-electron chi connectivity index (χ3n) is 2.39. The van der Waals surface area contributed by atoms with Gasteiger partial charge in [0.25, 0.3) is 0 Å². The molecule has 1 aliphatic rings. The fourth-order valence-corrected chi connectivity index (χ4v) is 1.12. The SMILES string of the molecule is CC1C(C)(O)COC1(C)O. The zero-order chi connectivity index (χ0) is 7.99. The molecule has 1 heterocycles. The maximum absolute atomic E-state index is 9.51. The van der Waals surface area contributed by atoms with Gasteiger partial charge in [0.2, 0.25) is 0 Å². The Morgan fingerprint density at radius 1 is 1.40 bits per heavy atom. The average molecular weight is 146 g/mol. The van der Waals surface area contributed by atoms with Crippen LogP contribution >= 0.6 is 0 Å². The minimum atomic E-state index is -1.16. The van der Waals surface area contributed by atoms with Gasteiger partial charge in [-0.05, 0) is 13.8 Å². The molecule has 3 unspecified atom stereocenters. The summed E-state index contributed by atoms with van der Waals surface area (Å²) in [6, 6.07) is 0. The van der Waals surface area contributed by atoms with Crippen LogP contribution < -0.4 is 0 Å². The fraction of sp³-hybridized carbons (Fsp3) is 1.00. The molecule has 1 fully saturated rings. The van der Waals surface area contributed by atoms with Gasteiger partial charge in [0, 0.05) is 5.92 Å². The van der Waals surface area contributed by atoms with Gasteiger partial charge in [-0.2, -0.15) is 0 Å². The summed E-state index contributed by atoms with van der Waals surface area (Å²) in [6.45, 7) is 5.21. The van der Waals surface area contributed by atoms with Crippen LogP contribution in [0.25, 0.3) is 0 Å². The molecule has 0 amide bonds. The first-order valence-electron chi connectivity index (χ1n) is 3.45. The average Bonchev–Trinajstić information content (AvgIpc) is 1.95. The van der Waals surface area contributed by atoms with E-state index in [0.717, 1.165) is 0 Å². The van der Waals surface area contributed by atoms with Gasteiger partial charge in [0.05, 0.1) is 12.2 Å². The van der Waals surface area contributed by atoms with Crippen LogP contribution in [-0.4, -0.2) is 28.2 Å². The second kappa shape index (κ2) is 1.94. The minimum absolute atomic E-state index is 0.209. The molecule has 1 aliphatic heterocycles.